The van der Waals surface area contributed by atoms with Crippen LogP contribution in [0, 0.1) is 6.92 Å². The molecule has 1 N–H and O–H groups in total. The van der Waals surface area contributed by atoms with Crippen LogP contribution in [0.25, 0.3) is 11.5 Å². The van der Waals surface area contributed by atoms with Crippen LogP contribution in [0.15, 0.2) is 47.4 Å². The van der Waals surface area contributed by atoms with Gasteiger partial charge in [-0.3, -0.25) is 14.7 Å². The molecule has 3 aromatic rings. The third kappa shape index (κ3) is 3.60. The summed E-state index contributed by atoms with van der Waals surface area (Å²) in [4.78, 5) is 26.7. The Morgan fingerprint density at radius 2 is 2.08 bits per heavy atom. The molecule has 0 unspecified atom stereocenters. The maximum Gasteiger partial charge on any atom is 0.238 e. The number of carbonyl (C=O) groups excluding carboxylic acids is 1. The predicted molar refractivity (Wildman–Crippen MR) is 94.3 cm³/mol. The Bertz CT molecular complexity index is 888. The largest absolute Gasteiger partial charge is 0.339 e. The van der Waals surface area contributed by atoms with Gasteiger partial charge in [0.25, 0.3) is 0 Å². The van der Waals surface area contributed by atoms with Crippen molar-refractivity contribution >= 4 is 11.6 Å². The van der Waals surface area contributed by atoms with Gasteiger partial charge in [-0.1, -0.05) is 22.9 Å². The van der Waals surface area contributed by atoms with E-state index in [0.717, 1.165) is 11.3 Å². The first-order chi connectivity index (χ1) is 12.7. The van der Waals surface area contributed by atoms with E-state index in [4.69, 9.17) is 4.52 Å². The van der Waals surface area contributed by atoms with E-state index in [1.165, 1.54) is 0 Å². The van der Waals surface area contributed by atoms with E-state index in [-0.39, 0.29) is 11.8 Å². The molecule has 0 saturated carbocycles. The second-order valence-electron chi connectivity index (χ2n) is 6.35. The van der Waals surface area contributed by atoms with E-state index < -0.39 is 0 Å². The summed E-state index contributed by atoms with van der Waals surface area (Å²) in [6.45, 7) is 3.78. The highest BCUT2D eigenvalue weighted by Gasteiger charge is 2.33. The third-order valence-electron chi connectivity index (χ3n) is 4.24. The number of anilines is 1. The topological polar surface area (TPSA) is 97.0 Å². The Hall–Kier alpha value is -3.13. The Labute approximate surface area is 150 Å². The number of likely N-dealkylation sites (tertiary alicyclic amines) is 1. The maximum atomic E-state index is 12.1. The quantitative estimate of drug-likeness (QED) is 0.750. The first-order valence-electron chi connectivity index (χ1n) is 8.36. The molecule has 8 nitrogen and oxygen atoms in total. The molecule has 0 bridgehead atoms. The van der Waals surface area contributed by atoms with Gasteiger partial charge in [-0.05, 0) is 19.1 Å². The number of carbonyl (C=O) groups is 1. The summed E-state index contributed by atoms with van der Waals surface area (Å²) in [6, 6.07) is 7.75. The number of hydrogen-bond acceptors (Lipinski definition) is 7. The van der Waals surface area contributed by atoms with Crippen LogP contribution in [0.5, 0.6) is 0 Å². The number of rotatable bonds is 5. The summed E-state index contributed by atoms with van der Waals surface area (Å²) in [5.74, 6) is 1.11. The van der Waals surface area contributed by atoms with Crippen molar-refractivity contribution in [2.75, 3.05) is 25.0 Å². The van der Waals surface area contributed by atoms with E-state index in [0.29, 0.717) is 37.0 Å². The van der Waals surface area contributed by atoms with Crippen LogP contribution in [0.4, 0.5) is 5.69 Å². The van der Waals surface area contributed by atoms with Crippen LogP contribution < -0.4 is 5.32 Å². The van der Waals surface area contributed by atoms with Crippen molar-refractivity contribution in [1.29, 1.82) is 0 Å². The number of amides is 1. The minimum Gasteiger partial charge on any atom is -0.339 e. The van der Waals surface area contributed by atoms with Gasteiger partial charge in [0.05, 0.1) is 18.7 Å². The zero-order chi connectivity index (χ0) is 17.9. The highest BCUT2D eigenvalue weighted by Crippen LogP contribution is 2.26. The first-order valence-corrected chi connectivity index (χ1v) is 8.36. The lowest BCUT2D eigenvalue weighted by Gasteiger charge is -2.36. The Morgan fingerprint density at radius 3 is 2.81 bits per heavy atom. The van der Waals surface area contributed by atoms with Crippen molar-refractivity contribution in [3.8, 4) is 11.5 Å². The van der Waals surface area contributed by atoms with Gasteiger partial charge in [0.1, 0.15) is 5.69 Å². The monoisotopic (exact) mass is 350 g/mol. The lowest BCUT2D eigenvalue weighted by Crippen LogP contribution is -2.48. The zero-order valence-electron chi connectivity index (χ0n) is 14.3. The van der Waals surface area contributed by atoms with Crippen molar-refractivity contribution in [3.05, 3.63) is 54.3 Å². The van der Waals surface area contributed by atoms with Crippen molar-refractivity contribution < 1.29 is 9.32 Å². The van der Waals surface area contributed by atoms with E-state index in [1.54, 1.807) is 18.6 Å². The summed E-state index contributed by atoms with van der Waals surface area (Å²) >= 11 is 0. The van der Waals surface area contributed by atoms with Crippen LogP contribution >= 0.6 is 0 Å². The van der Waals surface area contributed by atoms with Gasteiger partial charge in [0, 0.05) is 31.2 Å². The number of nitrogens with zero attached hydrogens (tertiary/aromatic N) is 5. The molecule has 0 aliphatic carbocycles. The fourth-order valence-corrected chi connectivity index (χ4v) is 2.82. The van der Waals surface area contributed by atoms with Gasteiger partial charge < -0.3 is 9.84 Å². The van der Waals surface area contributed by atoms with Crippen molar-refractivity contribution in [3.63, 3.8) is 0 Å². The van der Waals surface area contributed by atoms with Crippen LogP contribution in [0.1, 0.15) is 17.4 Å². The Morgan fingerprint density at radius 1 is 1.27 bits per heavy atom. The summed E-state index contributed by atoms with van der Waals surface area (Å²) in [5.41, 5.74) is 2.55. The molecule has 3 heterocycles. The molecule has 4 rings (SSSR count). The lowest BCUT2D eigenvalue weighted by atomic mass is 10.0. The maximum absolute atomic E-state index is 12.1. The molecule has 26 heavy (non-hydrogen) atoms. The molecule has 1 fully saturated rings. The second-order valence-corrected chi connectivity index (χ2v) is 6.35. The minimum absolute atomic E-state index is 0.0296. The van der Waals surface area contributed by atoms with E-state index in [2.05, 4.69) is 25.4 Å². The molecular weight excluding hydrogens is 332 g/mol. The van der Waals surface area contributed by atoms with Crippen molar-refractivity contribution in [1.82, 2.24) is 25.0 Å². The van der Waals surface area contributed by atoms with Crippen molar-refractivity contribution in [2.24, 2.45) is 0 Å². The average molecular weight is 350 g/mol. The van der Waals surface area contributed by atoms with Crippen LogP contribution in [0.3, 0.4) is 0 Å². The number of aromatic nitrogens is 4. The number of hydrogen-bond donors (Lipinski definition) is 1. The SMILES string of the molecule is Cc1ccc(NC(=O)CN2CC(c3nc(-c4cnccn4)no3)C2)cc1. The van der Waals surface area contributed by atoms with Crippen molar-refractivity contribution in [2.45, 2.75) is 12.8 Å². The molecule has 0 spiro atoms. The second kappa shape index (κ2) is 7.01. The Balaban J connectivity index is 1.28. The molecule has 0 atom stereocenters. The summed E-state index contributed by atoms with van der Waals surface area (Å²) in [6.07, 6.45) is 4.77. The third-order valence-corrected chi connectivity index (χ3v) is 4.24. The zero-order valence-corrected chi connectivity index (χ0v) is 14.3. The minimum atomic E-state index is -0.0296. The molecule has 1 saturated heterocycles. The normalized spacial score (nSPS) is 14.8. The first kappa shape index (κ1) is 16.3. The van der Waals surface area contributed by atoms with Gasteiger partial charge in [0.2, 0.25) is 17.6 Å². The van der Waals surface area contributed by atoms with Gasteiger partial charge in [-0.2, -0.15) is 4.98 Å². The smallest absolute Gasteiger partial charge is 0.238 e. The van der Waals surface area contributed by atoms with Crippen LogP contribution in [-0.4, -0.2) is 50.5 Å². The molecule has 1 aliphatic heterocycles. The molecule has 8 heteroatoms. The lowest BCUT2D eigenvalue weighted by molar-refractivity contribution is -0.118. The molecule has 132 valence electrons. The van der Waals surface area contributed by atoms with Crippen LogP contribution in [0.2, 0.25) is 0 Å². The molecule has 1 aromatic carbocycles. The van der Waals surface area contributed by atoms with Gasteiger partial charge in [-0.25, -0.2) is 4.98 Å². The highest BCUT2D eigenvalue weighted by atomic mass is 16.5. The summed E-state index contributed by atoms with van der Waals surface area (Å²) in [7, 11) is 0. The average Bonchev–Trinajstić information content (AvgIpc) is 3.10. The summed E-state index contributed by atoms with van der Waals surface area (Å²) in [5, 5.41) is 6.85. The fourth-order valence-electron chi connectivity index (χ4n) is 2.82. The number of aryl methyl sites for hydroxylation is 1. The van der Waals surface area contributed by atoms with E-state index in [9.17, 15) is 4.79 Å². The Kier molecular flexibility index (Phi) is 4.40. The van der Waals surface area contributed by atoms with Gasteiger partial charge in [0.15, 0.2) is 0 Å². The van der Waals surface area contributed by atoms with E-state index >= 15 is 0 Å². The predicted octanol–water partition coefficient (Wildman–Crippen LogP) is 1.87. The highest BCUT2D eigenvalue weighted by molar-refractivity contribution is 5.92. The standard InChI is InChI=1S/C18H18N6O2/c1-12-2-4-14(5-3-12)21-16(25)11-24-9-13(10-24)18-22-17(23-26-18)15-8-19-6-7-20-15/h2-8,13H,9-11H2,1H3,(H,21,25). The number of benzene rings is 1. The molecule has 1 aliphatic rings. The summed E-state index contributed by atoms with van der Waals surface area (Å²) < 4.78 is 5.33. The fraction of sp³-hybridized carbons (Fsp3) is 0.278. The van der Waals surface area contributed by atoms with Gasteiger partial charge in [-0.15, -0.1) is 0 Å². The van der Waals surface area contributed by atoms with E-state index in [1.807, 2.05) is 36.1 Å². The molecule has 2 aromatic heterocycles. The molecule has 0 radical (unpaired) electrons. The number of nitrogens with one attached hydrogen (secondary N) is 1. The molecule has 1 amide bonds. The molecular formula is C18H18N6O2. The van der Waals surface area contributed by atoms with Crippen LogP contribution in [-0.2, 0) is 4.79 Å². The van der Waals surface area contributed by atoms with Gasteiger partial charge >= 0.3 is 0 Å².